The lowest BCUT2D eigenvalue weighted by atomic mass is 9.75. The fourth-order valence-corrected chi connectivity index (χ4v) is 3.13. The van der Waals surface area contributed by atoms with Crippen molar-refractivity contribution in [2.75, 3.05) is 0 Å². The van der Waals surface area contributed by atoms with Crippen LogP contribution in [-0.2, 0) is 0 Å². The Balaban J connectivity index is 2.55. The first-order valence-electron chi connectivity index (χ1n) is 8.55. The highest BCUT2D eigenvalue weighted by Crippen LogP contribution is 2.42. The van der Waals surface area contributed by atoms with Crippen molar-refractivity contribution in [1.82, 2.24) is 0 Å². The van der Waals surface area contributed by atoms with Crippen molar-refractivity contribution in [3.63, 3.8) is 0 Å². The van der Waals surface area contributed by atoms with Gasteiger partial charge in [-0.3, -0.25) is 0 Å². The zero-order valence-corrected chi connectivity index (χ0v) is 13.6. The number of rotatable bonds is 9. The summed E-state index contributed by atoms with van der Waals surface area (Å²) < 4.78 is 0. The van der Waals surface area contributed by atoms with Gasteiger partial charge in [0, 0.05) is 0 Å². The van der Waals surface area contributed by atoms with Gasteiger partial charge in [0.05, 0.1) is 20.1 Å². The summed E-state index contributed by atoms with van der Waals surface area (Å²) in [4.78, 5) is 0. The van der Waals surface area contributed by atoms with E-state index in [1.807, 2.05) is 12.2 Å². The van der Waals surface area contributed by atoms with Crippen molar-refractivity contribution in [3.8, 4) is 0 Å². The SMILES string of the molecule is [B]C1CC(O)[C@H](C/C=C\CCCC)[C@H]1/C=C/C(O)CCC. The first kappa shape index (κ1) is 18.5. The van der Waals surface area contributed by atoms with Gasteiger partial charge in [0.1, 0.15) is 0 Å². The Morgan fingerprint density at radius 1 is 1.24 bits per heavy atom. The molecule has 5 atom stereocenters. The molecular formula is C18H31BO2. The lowest BCUT2D eigenvalue weighted by Crippen LogP contribution is -2.18. The number of hydrogen-bond donors (Lipinski definition) is 2. The Labute approximate surface area is 131 Å². The zero-order chi connectivity index (χ0) is 15.7. The van der Waals surface area contributed by atoms with Crippen molar-refractivity contribution >= 4 is 7.85 Å². The van der Waals surface area contributed by atoms with Crippen LogP contribution in [0.4, 0.5) is 0 Å². The van der Waals surface area contributed by atoms with E-state index in [0.29, 0.717) is 6.42 Å². The van der Waals surface area contributed by atoms with Crippen LogP contribution < -0.4 is 0 Å². The number of aliphatic hydroxyl groups is 2. The third kappa shape index (κ3) is 6.40. The first-order chi connectivity index (χ1) is 10.1. The summed E-state index contributed by atoms with van der Waals surface area (Å²) in [5.74, 6) is 0.351. The van der Waals surface area contributed by atoms with Gasteiger partial charge in [-0.2, -0.15) is 0 Å². The summed E-state index contributed by atoms with van der Waals surface area (Å²) >= 11 is 0. The Bertz CT molecular complexity index is 327. The van der Waals surface area contributed by atoms with Gasteiger partial charge >= 0.3 is 0 Å². The minimum Gasteiger partial charge on any atom is -0.393 e. The Morgan fingerprint density at radius 2 is 2.00 bits per heavy atom. The Hall–Kier alpha value is -0.535. The van der Waals surface area contributed by atoms with E-state index in [0.717, 1.165) is 25.7 Å². The summed E-state index contributed by atoms with van der Waals surface area (Å²) in [6.45, 7) is 4.25. The van der Waals surface area contributed by atoms with Gasteiger partial charge in [-0.15, -0.1) is 0 Å². The number of aliphatic hydroxyl groups excluding tert-OH is 2. The van der Waals surface area contributed by atoms with E-state index in [-0.39, 0.29) is 29.9 Å². The van der Waals surface area contributed by atoms with E-state index in [9.17, 15) is 10.2 Å². The van der Waals surface area contributed by atoms with Crippen LogP contribution in [0.1, 0.15) is 58.8 Å². The van der Waals surface area contributed by atoms with E-state index < -0.39 is 0 Å². The second-order valence-corrected chi connectivity index (χ2v) is 6.30. The van der Waals surface area contributed by atoms with E-state index in [4.69, 9.17) is 7.85 Å². The van der Waals surface area contributed by atoms with Crippen molar-refractivity contribution in [2.24, 2.45) is 11.8 Å². The van der Waals surface area contributed by atoms with Crippen LogP contribution >= 0.6 is 0 Å². The minimum atomic E-state index is -0.388. The minimum absolute atomic E-state index is 0.000816. The maximum atomic E-state index is 10.2. The Morgan fingerprint density at radius 3 is 2.67 bits per heavy atom. The summed E-state index contributed by atoms with van der Waals surface area (Å²) in [5, 5.41) is 20.0. The molecule has 2 nitrogen and oxygen atoms in total. The van der Waals surface area contributed by atoms with Crippen molar-refractivity contribution in [3.05, 3.63) is 24.3 Å². The number of unbranched alkanes of at least 4 members (excludes halogenated alkanes) is 2. The van der Waals surface area contributed by atoms with Crippen LogP contribution in [0.5, 0.6) is 0 Å². The molecule has 0 aromatic carbocycles. The van der Waals surface area contributed by atoms with E-state index in [1.54, 1.807) is 0 Å². The average Bonchev–Trinajstić information content (AvgIpc) is 2.71. The first-order valence-corrected chi connectivity index (χ1v) is 8.55. The Kier molecular flexibility index (Phi) is 9.02. The highest BCUT2D eigenvalue weighted by molar-refractivity contribution is 6.12. The van der Waals surface area contributed by atoms with Crippen molar-refractivity contribution < 1.29 is 10.2 Å². The predicted molar refractivity (Wildman–Crippen MR) is 90.4 cm³/mol. The van der Waals surface area contributed by atoms with Crippen LogP contribution in [-0.4, -0.2) is 30.3 Å². The van der Waals surface area contributed by atoms with Crippen molar-refractivity contribution in [1.29, 1.82) is 0 Å². The lowest BCUT2D eigenvalue weighted by Gasteiger charge is -2.20. The molecule has 118 valence electrons. The van der Waals surface area contributed by atoms with Crippen LogP contribution in [0, 0.1) is 11.8 Å². The topological polar surface area (TPSA) is 40.5 Å². The smallest absolute Gasteiger partial charge is 0.0720 e. The van der Waals surface area contributed by atoms with Crippen LogP contribution in [0.2, 0.25) is 5.82 Å². The molecule has 1 saturated carbocycles. The summed E-state index contributed by atoms with van der Waals surface area (Å²) in [6, 6.07) is 0. The summed E-state index contributed by atoms with van der Waals surface area (Å²) in [6.07, 6.45) is 14.4. The molecule has 1 aliphatic carbocycles. The molecule has 0 aromatic rings. The maximum Gasteiger partial charge on any atom is 0.0720 e. The molecule has 3 heteroatoms. The highest BCUT2D eigenvalue weighted by atomic mass is 16.3. The number of allylic oxidation sites excluding steroid dienone is 3. The fraction of sp³-hybridized carbons (Fsp3) is 0.778. The molecule has 0 amide bonds. The zero-order valence-electron chi connectivity index (χ0n) is 13.6. The average molecular weight is 290 g/mol. The summed E-state index contributed by atoms with van der Waals surface area (Å²) in [7, 11) is 6.15. The van der Waals surface area contributed by atoms with E-state index >= 15 is 0 Å². The lowest BCUT2D eigenvalue weighted by molar-refractivity contribution is 0.125. The predicted octanol–water partition coefficient (Wildman–Crippen LogP) is 3.79. The van der Waals surface area contributed by atoms with Crippen LogP contribution in [0.15, 0.2) is 24.3 Å². The third-order valence-corrected chi connectivity index (χ3v) is 4.44. The van der Waals surface area contributed by atoms with Gasteiger partial charge in [-0.25, -0.2) is 0 Å². The molecule has 1 aliphatic rings. The van der Waals surface area contributed by atoms with Crippen LogP contribution in [0.25, 0.3) is 0 Å². The standard InChI is InChI=1S/C18H31BO2/c1-3-5-6-7-8-10-16-15(17(19)13-18(16)21)12-11-14(20)9-4-2/h7-8,11-12,14-18,20-21H,3-6,9-10,13H2,1-2H3/b8-7-,12-11+/t14?,15-,16-,17?,18?/m1/s1. The molecule has 0 heterocycles. The van der Waals surface area contributed by atoms with Gasteiger partial charge in [-0.05, 0) is 37.5 Å². The van der Waals surface area contributed by atoms with Gasteiger partial charge in [0.25, 0.3) is 0 Å². The molecule has 2 N–H and O–H groups in total. The monoisotopic (exact) mass is 290 g/mol. The highest BCUT2D eigenvalue weighted by Gasteiger charge is 2.37. The van der Waals surface area contributed by atoms with E-state index in [2.05, 4.69) is 26.0 Å². The second kappa shape index (κ2) is 10.2. The number of hydrogen-bond acceptors (Lipinski definition) is 2. The van der Waals surface area contributed by atoms with Crippen LogP contribution in [0.3, 0.4) is 0 Å². The van der Waals surface area contributed by atoms with Crippen molar-refractivity contribution in [2.45, 2.75) is 76.8 Å². The van der Waals surface area contributed by atoms with Gasteiger partial charge < -0.3 is 10.2 Å². The van der Waals surface area contributed by atoms with E-state index in [1.165, 1.54) is 12.8 Å². The molecule has 21 heavy (non-hydrogen) atoms. The molecule has 0 aliphatic heterocycles. The molecule has 0 aromatic heterocycles. The van der Waals surface area contributed by atoms with Gasteiger partial charge in [0.2, 0.25) is 0 Å². The van der Waals surface area contributed by atoms with Gasteiger partial charge in [-0.1, -0.05) is 63.2 Å². The summed E-state index contributed by atoms with van der Waals surface area (Å²) in [5.41, 5.74) is 0. The largest absolute Gasteiger partial charge is 0.393 e. The third-order valence-electron chi connectivity index (χ3n) is 4.44. The molecule has 0 bridgehead atoms. The van der Waals surface area contributed by atoms with Gasteiger partial charge in [0.15, 0.2) is 0 Å². The molecule has 0 saturated heterocycles. The maximum absolute atomic E-state index is 10.2. The fourth-order valence-electron chi connectivity index (χ4n) is 3.13. The molecular weight excluding hydrogens is 259 g/mol. The molecule has 1 fully saturated rings. The molecule has 1 rings (SSSR count). The second-order valence-electron chi connectivity index (χ2n) is 6.30. The normalized spacial score (nSPS) is 31.4. The quantitative estimate of drug-likeness (QED) is 0.385. The molecule has 2 radical (unpaired) electrons. The molecule has 0 spiro atoms. The molecule has 3 unspecified atom stereocenters.